The van der Waals surface area contributed by atoms with Crippen LogP contribution in [-0.2, 0) is 9.84 Å². The maximum atomic E-state index is 12.5. The Morgan fingerprint density at radius 2 is 1.48 bits per heavy atom. The van der Waals surface area contributed by atoms with Crippen molar-refractivity contribution in [1.29, 1.82) is 0 Å². The molecule has 0 aliphatic carbocycles. The Bertz CT molecular complexity index is 730. The van der Waals surface area contributed by atoms with E-state index >= 15 is 0 Å². The molecule has 4 nitrogen and oxygen atoms in total. The molecule has 1 saturated heterocycles. The van der Waals surface area contributed by atoms with Crippen LogP contribution < -0.4 is 4.90 Å². The van der Waals surface area contributed by atoms with Gasteiger partial charge in [-0.25, -0.2) is 8.42 Å². The molecule has 0 saturated carbocycles. The molecule has 1 aromatic carbocycles. The Kier molecular flexibility index (Phi) is 3.24. The third-order valence-electron chi connectivity index (χ3n) is 3.71. The average Bonchev–Trinajstić information content (AvgIpc) is 2.46. The zero-order chi connectivity index (χ0) is 15.1. The van der Waals surface area contributed by atoms with Crippen molar-refractivity contribution in [3.8, 4) is 0 Å². The zero-order valence-electron chi connectivity index (χ0n) is 12.2. The minimum absolute atomic E-state index is 0.273. The van der Waals surface area contributed by atoms with E-state index in [1.54, 1.807) is 12.1 Å². The van der Waals surface area contributed by atoms with E-state index in [1.165, 1.54) is 24.5 Å². The first kappa shape index (κ1) is 14.1. The summed E-state index contributed by atoms with van der Waals surface area (Å²) in [6, 6.07) is 10.1. The molecule has 110 valence electrons. The molecule has 0 bridgehead atoms. The first-order valence-electron chi connectivity index (χ1n) is 6.89. The normalized spacial score (nSPS) is 17.3. The van der Waals surface area contributed by atoms with Gasteiger partial charge in [0.25, 0.3) is 0 Å². The molecule has 21 heavy (non-hydrogen) atoms. The van der Waals surface area contributed by atoms with E-state index < -0.39 is 9.84 Å². The smallest absolute Gasteiger partial charge is 0.206 e. The Hall–Kier alpha value is -1.88. The topological polar surface area (TPSA) is 50.3 Å². The molecule has 3 rings (SSSR count). The lowest BCUT2D eigenvalue weighted by Crippen LogP contribution is -2.53. The Morgan fingerprint density at radius 3 is 2.00 bits per heavy atom. The van der Waals surface area contributed by atoms with Crippen molar-refractivity contribution in [2.75, 3.05) is 18.0 Å². The number of hydrogen-bond donors (Lipinski definition) is 0. The molecule has 0 amide bonds. The van der Waals surface area contributed by atoms with E-state index in [2.05, 4.69) is 23.7 Å². The van der Waals surface area contributed by atoms with E-state index in [0.717, 1.165) is 18.8 Å². The van der Waals surface area contributed by atoms with Gasteiger partial charge in [0.2, 0.25) is 9.84 Å². The van der Waals surface area contributed by atoms with Gasteiger partial charge in [-0.05, 0) is 41.8 Å². The molecule has 0 N–H and O–H groups in total. The van der Waals surface area contributed by atoms with Gasteiger partial charge >= 0.3 is 0 Å². The van der Waals surface area contributed by atoms with Gasteiger partial charge in [-0.3, -0.25) is 4.98 Å². The molecule has 0 radical (unpaired) electrons. The summed E-state index contributed by atoms with van der Waals surface area (Å²) >= 11 is 0. The van der Waals surface area contributed by atoms with E-state index in [-0.39, 0.29) is 4.90 Å². The standard InChI is InChI=1S/C16H18N2O2S/c1-16(2)11-18(12-16)13-3-5-14(6-4-13)21(19,20)15-7-9-17-10-8-15/h3-10H,11-12H2,1-2H3. The summed E-state index contributed by atoms with van der Waals surface area (Å²) in [4.78, 5) is 6.69. The summed E-state index contributed by atoms with van der Waals surface area (Å²) in [7, 11) is -3.45. The van der Waals surface area contributed by atoms with Crippen molar-refractivity contribution in [1.82, 2.24) is 4.98 Å². The fraction of sp³-hybridized carbons (Fsp3) is 0.312. The van der Waals surface area contributed by atoms with Gasteiger partial charge in [-0.15, -0.1) is 0 Å². The molecule has 5 heteroatoms. The van der Waals surface area contributed by atoms with Gasteiger partial charge in [0.05, 0.1) is 9.79 Å². The molecule has 0 atom stereocenters. The summed E-state index contributed by atoms with van der Waals surface area (Å²) < 4.78 is 24.9. The molecule has 2 aromatic rings. The van der Waals surface area contributed by atoms with Crippen LogP contribution in [0.1, 0.15) is 13.8 Å². The third-order valence-corrected chi connectivity index (χ3v) is 5.50. The van der Waals surface area contributed by atoms with Crippen LogP contribution in [0.2, 0.25) is 0 Å². The lowest BCUT2D eigenvalue weighted by molar-refractivity contribution is 0.276. The number of benzene rings is 1. The Morgan fingerprint density at radius 1 is 0.952 bits per heavy atom. The van der Waals surface area contributed by atoms with Crippen LogP contribution in [0.5, 0.6) is 0 Å². The Labute approximate surface area is 125 Å². The van der Waals surface area contributed by atoms with Crippen LogP contribution in [0.4, 0.5) is 5.69 Å². The van der Waals surface area contributed by atoms with Gasteiger partial charge < -0.3 is 4.90 Å². The number of hydrogen-bond acceptors (Lipinski definition) is 4. The first-order chi connectivity index (χ1) is 9.88. The summed E-state index contributed by atoms with van der Waals surface area (Å²) in [5.74, 6) is 0. The molecule has 0 unspecified atom stereocenters. The molecule has 1 fully saturated rings. The average molecular weight is 302 g/mol. The van der Waals surface area contributed by atoms with Gasteiger partial charge in [0.15, 0.2) is 0 Å². The third kappa shape index (κ3) is 2.65. The van der Waals surface area contributed by atoms with Crippen LogP contribution >= 0.6 is 0 Å². The van der Waals surface area contributed by atoms with Gasteiger partial charge in [-0.1, -0.05) is 13.8 Å². The van der Waals surface area contributed by atoms with Crippen LogP contribution in [0.25, 0.3) is 0 Å². The lowest BCUT2D eigenvalue weighted by Gasteiger charge is -2.47. The Balaban J connectivity index is 1.85. The van der Waals surface area contributed by atoms with Crippen LogP contribution in [-0.4, -0.2) is 26.5 Å². The molecular weight excluding hydrogens is 284 g/mol. The fourth-order valence-electron chi connectivity index (χ4n) is 2.66. The van der Waals surface area contributed by atoms with Crippen molar-refractivity contribution < 1.29 is 8.42 Å². The maximum absolute atomic E-state index is 12.5. The van der Waals surface area contributed by atoms with Crippen LogP contribution in [0.3, 0.4) is 0 Å². The number of rotatable bonds is 3. The highest BCUT2D eigenvalue weighted by atomic mass is 32.2. The molecule has 2 heterocycles. The van der Waals surface area contributed by atoms with E-state index in [9.17, 15) is 8.42 Å². The van der Waals surface area contributed by atoms with Gasteiger partial charge in [0.1, 0.15) is 0 Å². The van der Waals surface area contributed by atoms with Crippen molar-refractivity contribution in [3.05, 3.63) is 48.8 Å². The first-order valence-corrected chi connectivity index (χ1v) is 8.37. The largest absolute Gasteiger partial charge is 0.370 e. The van der Waals surface area contributed by atoms with Crippen molar-refractivity contribution in [2.45, 2.75) is 23.6 Å². The highest BCUT2D eigenvalue weighted by Gasteiger charge is 2.34. The molecular formula is C16H18N2O2S. The van der Waals surface area contributed by atoms with E-state index in [4.69, 9.17) is 0 Å². The number of sulfone groups is 1. The number of nitrogens with zero attached hydrogens (tertiary/aromatic N) is 2. The minimum Gasteiger partial charge on any atom is -0.370 e. The van der Waals surface area contributed by atoms with Crippen molar-refractivity contribution in [2.24, 2.45) is 5.41 Å². The second kappa shape index (κ2) is 4.84. The minimum atomic E-state index is -3.45. The van der Waals surface area contributed by atoms with Crippen LogP contribution in [0.15, 0.2) is 58.6 Å². The summed E-state index contributed by atoms with van der Waals surface area (Å²) in [6.07, 6.45) is 2.98. The van der Waals surface area contributed by atoms with Gasteiger partial charge in [-0.2, -0.15) is 0 Å². The van der Waals surface area contributed by atoms with E-state index in [0.29, 0.717) is 10.3 Å². The summed E-state index contributed by atoms with van der Waals surface area (Å²) in [5.41, 5.74) is 1.42. The second-order valence-corrected chi connectivity index (χ2v) is 8.15. The molecule has 1 aromatic heterocycles. The highest BCUT2D eigenvalue weighted by Crippen LogP contribution is 2.34. The predicted molar refractivity (Wildman–Crippen MR) is 82.1 cm³/mol. The van der Waals surface area contributed by atoms with Crippen LogP contribution in [0, 0.1) is 5.41 Å². The van der Waals surface area contributed by atoms with Crippen molar-refractivity contribution in [3.63, 3.8) is 0 Å². The number of anilines is 1. The number of aromatic nitrogens is 1. The second-order valence-electron chi connectivity index (χ2n) is 6.20. The molecule has 0 spiro atoms. The predicted octanol–water partition coefficient (Wildman–Crippen LogP) is 2.76. The van der Waals surface area contributed by atoms with E-state index in [1.807, 2.05) is 12.1 Å². The molecule has 1 aliphatic rings. The quantitative estimate of drug-likeness (QED) is 0.875. The number of pyridine rings is 1. The fourth-order valence-corrected chi connectivity index (χ4v) is 3.91. The molecule has 1 aliphatic heterocycles. The van der Waals surface area contributed by atoms with Gasteiger partial charge in [0, 0.05) is 31.2 Å². The summed E-state index contributed by atoms with van der Waals surface area (Å²) in [5, 5.41) is 0. The SMILES string of the molecule is CC1(C)CN(c2ccc(S(=O)(=O)c3ccncc3)cc2)C1. The van der Waals surface area contributed by atoms with Crippen molar-refractivity contribution >= 4 is 15.5 Å². The lowest BCUT2D eigenvalue weighted by atomic mass is 9.84. The highest BCUT2D eigenvalue weighted by molar-refractivity contribution is 7.91. The maximum Gasteiger partial charge on any atom is 0.206 e. The summed E-state index contributed by atoms with van der Waals surface area (Å²) in [6.45, 7) is 6.46. The monoisotopic (exact) mass is 302 g/mol. The zero-order valence-corrected chi connectivity index (χ0v) is 13.0.